The van der Waals surface area contributed by atoms with Crippen molar-refractivity contribution in [2.75, 3.05) is 26.8 Å². The Bertz CT molecular complexity index is 951. The summed E-state index contributed by atoms with van der Waals surface area (Å²) in [7, 11) is 1.32. The van der Waals surface area contributed by atoms with Crippen LogP contribution in [0, 0.1) is 10.1 Å². The molecule has 0 heterocycles. The van der Waals surface area contributed by atoms with Crippen LogP contribution in [0.25, 0.3) is 0 Å². The molecule has 0 aromatic heterocycles. The number of ether oxygens (including phenoxy) is 2. The Balaban J connectivity index is 2.15. The number of amides is 2. The summed E-state index contributed by atoms with van der Waals surface area (Å²) in [5.41, 5.74) is 0.864. The van der Waals surface area contributed by atoms with Crippen molar-refractivity contribution >= 4 is 17.5 Å². The number of nitro benzene ring substituents is 1. The molecule has 2 rings (SSSR count). The normalized spacial score (nSPS) is 11.4. The highest BCUT2D eigenvalue weighted by Crippen LogP contribution is 2.30. The number of nitro groups is 1. The summed E-state index contributed by atoms with van der Waals surface area (Å²) in [5.74, 6) is -0.225. The van der Waals surface area contributed by atoms with Crippen LogP contribution in [0.4, 0.5) is 5.69 Å². The summed E-state index contributed by atoms with van der Waals surface area (Å²) in [6.07, 6.45) is 2.88. The van der Waals surface area contributed by atoms with E-state index in [2.05, 4.69) is 5.32 Å². The lowest BCUT2D eigenvalue weighted by Crippen LogP contribution is -2.51. The molecule has 184 valence electrons. The zero-order chi connectivity index (χ0) is 24.9. The molecule has 9 heteroatoms. The molecule has 0 spiro atoms. The van der Waals surface area contributed by atoms with Gasteiger partial charge in [0.2, 0.25) is 11.7 Å². The number of unbranched alkanes of at least 4 members (excludes halogenated alkanes) is 1. The summed E-state index contributed by atoms with van der Waals surface area (Å²) < 4.78 is 10.7. The van der Waals surface area contributed by atoms with Gasteiger partial charge >= 0.3 is 5.69 Å². The van der Waals surface area contributed by atoms with Crippen molar-refractivity contribution in [2.45, 2.75) is 45.6 Å². The second-order valence-corrected chi connectivity index (χ2v) is 7.77. The van der Waals surface area contributed by atoms with Crippen LogP contribution in [0.5, 0.6) is 11.5 Å². The second-order valence-electron chi connectivity index (χ2n) is 7.77. The standard InChI is InChI=1S/C25H33N3O6/c1-4-6-15-26-25(30)21(5-2)27(16-14-19-10-8-7-9-11-19)24(29)18-34-20-12-13-22(28(31)32)23(17-20)33-3/h7-13,17,21H,4-6,14-16,18H2,1-3H3,(H,26,30)/t21-/m1/s1. The first-order valence-electron chi connectivity index (χ1n) is 11.5. The number of rotatable bonds is 14. The Morgan fingerprint density at radius 1 is 1.15 bits per heavy atom. The summed E-state index contributed by atoms with van der Waals surface area (Å²) in [4.78, 5) is 38.1. The van der Waals surface area contributed by atoms with Gasteiger partial charge in [0.1, 0.15) is 11.8 Å². The first kappa shape index (κ1) is 26.6. The second kappa shape index (κ2) is 13.8. The molecule has 0 aliphatic rings. The highest BCUT2D eigenvalue weighted by atomic mass is 16.6. The van der Waals surface area contributed by atoms with Crippen molar-refractivity contribution in [3.05, 3.63) is 64.2 Å². The number of methoxy groups -OCH3 is 1. The lowest BCUT2D eigenvalue weighted by molar-refractivity contribution is -0.385. The van der Waals surface area contributed by atoms with Gasteiger partial charge in [0.15, 0.2) is 6.61 Å². The minimum absolute atomic E-state index is 0.0395. The van der Waals surface area contributed by atoms with Crippen LogP contribution in [0.1, 0.15) is 38.7 Å². The number of hydrogen-bond acceptors (Lipinski definition) is 6. The minimum atomic E-state index is -0.622. The topological polar surface area (TPSA) is 111 Å². The van der Waals surface area contributed by atoms with Crippen molar-refractivity contribution in [1.82, 2.24) is 10.2 Å². The lowest BCUT2D eigenvalue weighted by atomic mass is 10.1. The average molecular weight is 472 g/mol. The molecule has 34 heavy (non-hydrogen) atoms. The molecule has 0 aliphatic heterocycles. The van der Waals surface area contributed by atoms with Crippen LogP contribution in [0.3, 0.4) is 0 Å². The fraction of sp³-hybridized carbons (Fsp3) is 0.440. The van der Waals surface area contributed by atoms with E-state index < -0.39 is 11.0 Å². The van der Waals surface area contributed by atoms with E-state index in [1.807, 2.05) is 44.2 Å². The van der Waals surface area contributed by atoms with Gasteiger partial charge in [-0.15, -0.1) is 0 Å². The van der Waals surface area contributed by atoms with Gasteiger partial charge in [-0.25, -0.2) is 0 Å². The molecule has 2 aromatic rings. The molecule has 0 bridgehead atoms. The smallest absolute Gasteiger partial charge is 0.311 e. The number of nitrogens with one attached hydrogen (secondary N) is 1. The maximum atomic E-state index is 13.2. The Hall–Kier alpha value is -3.62. The number of nitrogens with zero attached hydrogens (tertiary/aromatic N) is 2. The van der Waals surface area contributed by atoms with Gasteiger partial charge in [0.25, 0.3) is 5.91 Å². The highest BCUT2D eigenvalue weighted by Gasteiger charge is 2.28. The lowest BCUT2D eigenvalue weighted by Gasteiger charge is -2.30. The summed E-state index contributed by atoms with van der Waals surface area (Å²) in [6, 6.07) is 13.2. The van der Waals surface area contributed by atoms with Crippen LogP contribution in [0.15, 0.2) is 48.5 Å². The number of hydrogen-bond donors (Lipinski definition) is 1. The average Bonchev–Trinajstić information content (AvgIpc) is 2.85. The molecule has 2 aromatic carbocycles. The van der Waals surface area contributed by atoms with Crippen molar-refractivity contribution < 1.29 is 24.0 Å². The Kier molecular flexibility index (Phi) is 10.8. The third kappa shape index (κ3) is 7.75. The van der Waals surface area contributed by atoms with E-state index in [9.17, 15) is 19.7 Å². The first-order chi connectivity index (χ1) is 16.4. The molecule has 0 radical (unpaired) electrons. The largest absolute Gasteiger partial charge is 0.490 e. The molecular formula is C25H33N3O6. The molecule has 1 atom stereocenters. The van der Waals surface area contributed by atoms with E-state index in [1.54, 1.807) is 4.90 Å². The van der Waals surface area contributed by atoms with E-state index in [0.29, 0.717) is 25.9 Å². The monoisotopic (exact) mass is 471 g/mol. The van der Waals surface area contributed by atoms with E-state index >= 15 is 0 Å². The highest BCUT2D eigenvalue weighted by molar-refractivity contribution is 5.88. The summed E-state index contributed by atoms with van der Waals surface area (Å²) in [6.45, 7) is 4.52. The Morgan fingerprint density at radius 3 is 2.50 bits per heavy atom. The summed E-state index contributed by atoms with van der Waals surface area (Å²) in [5, 5.41) is 14.0. The van der Waals surface area contributed by atoms with Gasteiger partial charge in [0.05, 0.1) is 12.0 Å². The number of carbonyl (C=O) groups excluding carboxylic acids is 2. The van der Waals surface area contributed by atoms with Gasteiger partial charge in [-0.05, 0) is 30.9 Å². The number of benzene rings is 2. The predicted molar refractivity (Wildman–Crippen MR) is 129 cm³/mol. The molecule has 0 aliphatic carbocycles. The van der Waals surface area contributed by atoms with Gasteiger partial charge < -0.3 is 19.7 Å². The molecular weight excluding hydrogens is 438 g/mol. The maximum Gasteiger partial charge on any atom is 0.311 e. The zero-order valence-corrected chi connectivity index (χ0v) is 20.0. The molecule has 0 saturated heterocycles. The van der Waals surface area contributed by atoms with E-state index in [0.717, 1.165) is 18.4 Å². The maximum absolute atomic E-state index is 13.2. The Morgan fingerprint density at radius 2 is 1.88 bits per heavy atom. The van der Waals surface area contributed by atoms with Crippen LogP contribution in [-0.2, 0) is 16.0 Å². The van der Waals surface area contributed by atoms with Crippen molar-refractivity contribution in [2.24, 2.45) is 0 Å². The van der Waals surface area contributed by atoms with Gasteiger partial charge in [-0.2, -0.15) is 0 Å². The molecule has 1 N–H and O–H groups in total. The van der Waals surface area contributed by atoms with Crippen molar-refractivity contribution in [3.63, 3.8) is 0 Å². The quantitative estimate of drug-likeness (QED) is 0.255. The van der Waals surface area contributed by atoms with Crippen molar-refractivity contribution in [3.8, 4) is 11.5 Å². The van der Waals surface area contributed by atoms with E-state index in [4.69, 9.17) is 9.47 Å². The molecule has 9 nitrogen and oxygen atoms in total. The van der Waals surface area contributed by atoms with Gasteiger partial charge in [0, 0.05) is 25.2 Å². The van der Waals surface area contributed by atoms with Crippen LogP contribution in [0.2, 0.25) is 0 Å². The first-order valence-corrected chi connectivity index (χ1v) is 11.5. The molecule has 0 unspecified atom stereocenters. The van der Waals surface area contributed by atoms with Crippen molar-refractivity contribution in [1.29, 1.82) is 0 Å². The SMILES string of the molecule is CCCCNC(=O)[C@@H](CC)N(CCc1ccccc1)C(=O)COc1ccc([N+](=O)[O-])c(OC)c1. The van der Waals surface area contributed by atoms with E-state index in [1.165, 1.54) is 25.3 Å². The molecule has 0 fully saturated rings. The fourth-order valence-electron chi connectivity index (χ4n) is 3.53. The van der Waals surface area contributed by atoms with Gasteiger partial charge in [-0.3, -0.25) is 19.7 Å². The van der Waals surface area contributed by atoms with E-state index in [-0.39, 0.29) is 35.6 Å². The van der Waals surface area contributed by atoms with Gasteiger partial charge in [-0.1, -0.05) is 50.6 Å². The van der Waals surface area contributed by atoms with Crippen LogP contribution < -0.4 is 14.8 Å². The predicted octanol–water partition coefficient (Wildman–Crippen LogP) is 3.75. The molecule has 2 amide bonds. The third-order valence-corrected chi connectivity index (χ3v) is 5.41. The Labute approximate surface area is 200 Å². The summed E-state index contributed by atoms with van der Waals surface area (Å²) >= 11 is 0. The zero-order valence-electron chi connectivity index (χ0n) is 20.0. The molecule has 0 saturated carbocycles. The minimum Gasteiger partial charge on any atom is -0.490 e. The van der Waals surface area contributed by atoms with Crippen LogP contribution in [-0.4, -0.2) is 54.5 Å². The van der Waals surface area contributed by atoms with Crippen LogP contribution >= 0.6 is 0 Å². The number of carbonyl (C=O) groups is 2. The fourth-order valence-corrected chi connectivity index (χ4v) is 3.53. The third-order valence-electron chi connectivity index (χ3n) is 5.41.